The Morgan fingerprint density at radius 3 is 2.35 bits per heavy atom. The zero-order valence-electron chi connectivity index (χ0n) is 12.5. The molecule has 5 heteroatoms. The molecule has 1 aromatic rings. The van der Waals surface area contributed by atoms with E-state index in [0.29, 0.717) is 17.7 Å². The number of aryl methyl sites for hydroxylation is 1. The molecule has 20 heavy (non-hydrogen) atoms. The Morgan fingerprint density at radius 2 is 1.85 bits per heavy atom. The molecule has 112 valence electrons. The molecule has 1 fully saturated rings. The number of benzene rings is 1. The Hall–Kier alpha value is -0.910. The minimum atomic E-state index is -3.52. The summed E-state index contributed by atoms with van der Waals surface area (Å²) in [5.74, 6) is 0. The third-order valence-corrected chi connectivity index (χ3v) is 5.44. The molecular weight excluding hydrogens is 274 g/mol. The monoisotopic (exact) mass is 297 g/mol. The number of aliphatic hydroxyl groups is 1. The van der Waals surface area contributed by atoms with E-state index in [4.69, 9.17) is 0 Å². The Kier molecular flexibility index (Phi) is 3.97. The summed E-state index contributed by atoms with van der Waals surface area (Å²) in [6.45, 7) is 7.98. The molecule has 2 rings (SSSR count). The van der Waals surface area contributed by atoms with E-state index in [0.717, 1.165) is 11.1 Å². The molecule has 0 heterocycles. The highest BCUT2D eigenvalue weighted by Crippen LogP contribution is 2.28. The minimum Gasteiger partial charge on any atom is -0.393 e. The molecule has 2 N–H and O–H groups in total. The van der Waals surface area contributed by atoms with E-state index in [-0.39, 0.29) is 17.6 Å². The summed E-state index contributed by atoms with van der Waals surface area (Å²) >= 11 is 0. The highest BCUT2D eigenvalue weighted by Gasteiger charge is 2.32. The van der Waals surface area contributed by atoms with Gasteiger partial charge in [0.05, 0.1) is 11.0 Å². The number of nitrogens with one attached hydrogen (secondary N) is 1. The molecule has 0 spiro atoms. The molecule has 0 amide bonds. The molecule has 0 aromatic heterocycles. The molecule has 0 aliphatic heterocycles. The van der Waals surface area contributed by atoms with E-state index in [1.807, 2.05) is 12.1 Å². The second kappa shape index (κ2) is 5.13. The van der Waals surface area contributed by atoms with Crippen molar-refractivity contribution in [1.82, 2.24) is 4.72 Å². The second-order valence-electron chi connectivity index (χ2n) is 6.67. The first kappa shape index (κ1) is 15.5. The third-order valence-electron chi connectivity index (χ3n) is 3.78. The average Bonchev–Trinajstić information content (AvgIpc) is 2.25. The van der Waals surface area contributed by atoms with Crippen LogP contribution in [-0.4, -0.2) is 25.7 Å². The quantitative estimate of drug-likeness (QED) is 0.898. The summed E-state index contributed by atoms with van der Waals surface area (Å²) in [6.07, 6.45) is 0.624. The number of hydrogen-bond donors (Lipinski definition) is 2. The summed E-state index contributed by atoms with van der Waals surface area (Å²) in [4.78, 5) is 0.339. The van der Waals surface area contributed by atoms with Gasteiger partial charge in [0.25, 0.3) is 0 Å². The fraction of sp³-hybridized carbons (Fsp3) is 0.600. The van der Waals surface area contributed by atoms with Gasteiger partial charge in [0.15, 0.2) is 0 Å². The number of aliphatic hydroxyl groups excluding tert-OH is 1. The van der Waals surface area contributed by atoms with Gasteiger partial charge in [-0.1, -0.05) is 32.9 Å². The molecule has 0 saturated heterocycles. The van der Waals surface area contributed by atoms with Gasteiger partial charge < -0.3 is 5.11 Å². The molecular formula is C15H23NO3S. The van der Waals surface area contributed by atoms with E-state index in [1.54, 1.807) is 13.0 Å². The fourth-order valence-electron chi connectivity index (χ4n) is 2.32. The summed E-state index contributed by atoms with van der Waals surface area (Å²) in [5, 5.41) is 9.26. The van der Waals surface area contributed by atoms with Crippen LogP contribution in [0.2, 0.25) is 0 Å². The Labute approximate surface area is 121 Å². The van der Waals surface area contributed by atoms with Crippen LogP contribution >= 0.6 is 0 Å². The van der Waals surface area contributed by atoms with Crippen molar-refractivity contribution in [3.05, 3.63) is 29.3 Å². The first-order chi connectivity index (χ1) is 9.09. The van der Waals surface area contributed by atoms with Gasteiger partial charge >= 0.3 is 0 Å². The summed E-state index contributed by atoms with van der Waals surface area (Å²) in [5.41, 5.74) is 1.65. The maximum atomic E-state index is 12.4. The van der Waals surface area contributed by atoms with Crippen LogP contribution in [0.4, 0.5) is 0 Å². The van der Waals surface area contributed by atoms with Gasteiger partial charge in [0, 0.05) is 6.04 Å². The molecule has 1 saturated carbocycles. The van der Waals surface area contributed by atoms with E-state index >= 15 is 0 Å². The lowest BCUT2D eigenvalue weighted by atomic mass is 9.87. The summed E-state index contributed by atoms with van der Waals surface area (Å²) in [7, 11) is -3.52. The molecule has 4 nitrogen and oxygen atoms in total. The Balaban J connectivity index is 2.31. The van der Waals surface area contributed by atoms with Crippen molar-refractivity contribution < 1.29 is 13.5 Å². The molecule has 1 aliphatic carbocycles. The number of rotatable bonds is 3. The van der Waals surface area contributed by atoms with Gasteiger partial charge in [0.2, 0.25) is 10.0 Å². The zero-order chi connectivity index (χ0) is 15.1. The van der Waals surface area contributed by atoms with Crippen LogP contribution in [0.3, 0.4) is 0 Å². The largest absolute Gasteiger partial charge is 0.393 e. The minimum absolute atomic E-state index is 0.0926. The van der Waals surface area contributed by atoms with Crippen LogP contribution in [0.15, 0.2) is 23.1 Å². The lowest BCUT2D eigenvalue weighted by molar-refractivity contribution is 0.0712. The van der Waals surface area contributed by atoms with Crippen molar-refractivity contribution in [3.8, 4) is 0 Å². The topological polar surface area (TPSA) is 66.4 Å². The predicted molar refractivity (Wildman–Crippen MR) is 79.2 cm³/mol. The van der Waals surface area contributed by atoms with Crippen molar-refractivity contribution >= 4 is 10.0 Å². The fourth-order valence-corrected chi connectivity index (χ4v) is 3.86. The van der Waals surface area contributed by atoms with E-state index < -0.39 is 10.0 Å². The van der Waals surface area contributed by atoms with Crippen molar-refractivity contribution in [2.45, 2.75) is 63.0 Å². The Bertz CT molecular complexity index is 596. The van der Waals surface area contributed by atoms with Gasteiger partial charge in [-0.25, -0.2) is 13.1 Å². The van der Waals surface area contributed by atoms with Crippen LogP contribution in [-0.2, 0) is 15.4 Å². The van der Waals surface area contributed by atoms with Crippen molar-refractivity contribution in [2.75, 3.05) is 0 Å². The molecule has 1 aliphatic rings. The highest BCUT2D eigenvalue weighted by molar-refractivity contribution is 7.89. The van der Waals surface area contributed by atoms with Crippen LogP contribution in [0, 0.1) is 6.92 Å². The predicted octanol–water partition coefficient (Wildman–Crippen LogP) is 2.09. The smallest absolute Gasteiger partial charge is 0.241 e. The molecule has 0 bridgehead atoms. The van der Waals surface area contributed by atoms with E-state index in [9.17, 15) is 13.5 Å². The van der Waals surface area contributed by atoms with Crippen LogP contribution in [0.1, 0.15) is 44.7 Å². The molecule has 0 atom stereocenters. The molecule has 1 aromatic carbocycles. The number of sulfonamides is 1. The number of hydrogen-bond acceptors (Lipinski definition) is 3. The van der Waals surface area contributed by atoms with Gasteiger partial charge in [-0.3, -0.25) is 0 Å². The zero-order valence-corrected chi connectivity index (χ0v) is 13.3. The van der Waals surface area contributed by atoms with Crippen LogP contribution in [0.25, 0.3) is 0 Å². The summed E-state index contributed by atoms with van der Waals surface area (Å²) in [6, 6.07) is 5.44. The van der Waals surface area contributed by atoms with Gasteiger partial charge in [-0.05, 0) is 42.4 Å². The van der Waals surface area contributed by atoms with Crippen LogP contribution < -0.4 is 4.72 Å². The van der Waals surface area contributed by atoms with Gasteiger partial charge in [-0.2, -0.15) is 0 Å². The SMILES string of the molecule is Cc1ccc(C(C)(C)C)cc1S(=O)(=O)NC1CC(O)C1. The molecule has 0 radical (unpaired) electrons. The maximum Gasteiger partial charge on any atom is 0.241 e. The van der Waals surface area contributed by atoms with Crippen LogP contribution in [0.5, 0.6) is 0 Å². The second-order valence-corrected chi connectivity index (χ2v) is 8.36. The first-order valence-corrected chi connectivity index (χ1v) is 8.39. The highest BCUT2D eigenvalue weighted by atomic mass is 32.2. The maximum absolute atomic E-state index is 12.4. The Morgan fingerprint density at radius 1 is 1.25 bits per heavy atom. The first-order valence-electron chi connectivity index (χ1n) is 6.91. The summed E-state index contributed by atoms with van der Waals surface area (Å²) < 4.78 is 27.6. The van der Waals surface area contributed by atoms with Gasteiger partial charge in [0.1, 0.15) is 0 Å². The van der Waals surface area contributed by atoms with Gasteiger partial charge in [-0.15, -0.1) is 0 Å². The van der Waals surface area contributed by atoms with E-state index in [1.165, 1.54) is 0 Å². The molecule has 0 unspecified atom stereocenters. The lowest BCUT2D eigenvalue weighted by Crippen LogP contribution is -2.46. The average molecular weight is 297 g/mol. The normalized spacial score (nSPS) is 23.4. The van der Waals surface area contributed by atoms with E-state index in [2.05, 4.69) is 25.5 Å². The van der Waals surface area contributed by atoms with Crippen molar-refractivity contribution in [2.24, 2.45) is 0 Å². The van der Waals surface area contributed by atoms with Crippen molar-refractivity contribution in [1.29, 1.82) is 0 Å². The van der Waals surface area contributed by atoms with Crippen molar-refractivity contribution in [3.63, 3.8) is 0 Å². The standard InChI is InChI=1S/C15H23NO3S/c1-10-5-6-11(15(2,3)4)7-14(10)20(18,19)16-12-8-13(17)9-12/h5-7,12-13,16-17H,8-9H2,1-4H3. The third kappa shape index (κ3) is 3.22. The lowest BCUT2D eigenvalue weighted by Gasteiger charge is -2.32.